The zero-order valence-corrected chi connectivity index (χ0v) is 17.2. The van der Waals surface area contributed by atoms with E-state index in [0.717, 1.165) is 20.8 Å². The standard InChI is InChI=1S/C20H20N2O4S2/c1-12-3-9-17(27-12)16(24)8-4-13(23)5-10-19(25)22-20-21-15-7-6-14(26-2)11-18(15)28-20/h3,6-7,9,11H,4-5,8,10H2,1-2H3,(H,21,22,25). The third-order valence-corrected chi connectivity index (χ3v) is 6.09. The van der Waals surface area contributed by atoms with Crippen LogP contribution in [0.3, 0.4) is 0 Å². The first kappa shape index (κ1) is 20.2. The number of nitrogens with one attached hydrogen (secondary N) is 1. The number of ether oxygens (including phenoxy) is 1. The molecule has 1 aromatic carbocycles. The maximum atomic E-state index is 12.1. The molecular weight excluding hydrogens is 396 g/mol. The normalized spacial score (nSPS) is 10.8. The lowest BCUT2D eigenvalue weighted by atomic mass is 10.1. The smallest absolute Gasteiger partial charge is 0.226 e. The van der Waals surface area contributed by atoms with Crippen molar-refractivity contribution in [3.05, 3.63) is 40.1 Å². The van der Waals surface area contributed by atoms with Crippen LogP contribution in [0.15, 0.2) is 30.3 Å². The lowest BCUT2D eigenvalue weighted by Crippen LogP contribution is -2.13. The van der Waals surface area contributed by atoms with Gasteiger partial charge in [-0.3, -0.25) is 14.4 Å². The molecule has 0 saturated heterocycles. The molecule has 0 aliphatic rings. The number of rotatable bonds is 9. The number of carbonyl (C=O) groups excluding carboxylic acids is 3. The summed E-state index contributed by atoms with van der Waals surface area (Å²) in [6.07, 6.45) is 0.524. The molecule has 3 rings (SSSR count). The Labute approximate surface area is 170 Å². The van der Waals surface area contributed by atoms with Crippen LogP contribution >= 0.6 is 22.7 Å². The number of ketones is 2. The van der Waals surface area contributed by atoms with Crippen LogP contribution in [0.4, 0.5) is 5.13 Å². The molecular formula is C20H20N2O4S2. The number of hydrogen-bond donors (Lipinski definition) is 1. The van der Waals surface area contributed by atoms with Crippen molar-refractivity contribution >= 4 is 55.5 Å². The Morgan fingerprint density at radius 2 is 1.82 bits per heavy atom. The SMILES string of the molecule is COc1ccc2nc(NC(=O)CCC(=O)CCC(=O)c3ccc(C)s3)sc2c1. The van der Waals surface area contributed by atoms with Crippen molar-refractivity contribution in [3.63, 3.8) is 0 Å². The molecule has 0 aliphatic heterocycles. The second-order valence-electron chi connectivity index (χ2n) is 6.27. The van der Waals surface area contributed by atoms with Crippen LogP contribution in [0.2, 0.25) is 0 Å². The van der Waals surface area contributed by atoms with Crippen LogP contribution < -0.4 is 10.1 Å². The highest BCUT2D eigenvalue weighted by molar-refractivity contribution is 7.22. The summed E-state index contributed by atoms with van der Waals surface area (Å²) >= 11 is 2.78. The van der Waals surface area contributed by atoms with E-state index in [1.165, 1.54) is 22.7 Å². The fourth-order valence-electron chi connectivity index (χ4n) is 2.61. The number of fused-ring (bicyclic) bond motifs is 1. The molecule has 0 atom stereocenters. The highest BCUT2D eigenvalue weighted by Gasteiger charge is 2.14. The average molecular weight is 417 g/mol. The Kier molecular flexibility index (Phi) is 6.53. The van der Waals surface area contributed by atoms with Crippen molar-refractivity contribution in [1.82, 2.24) is 4.98 Å². The molecule has 2 aromatic heterocycles. The van der Waals surface area contributed by atoms with E-state index < -0.39 is 0 Å². The Bertz CT molecular complexity index is 1020. The van der Waals surface area contributed by atoms with E-state index in [1.807, 2.05) is 31.2 Å². The summed E-state index contributed by atoms with van der Waals surface area (Å²) < 4.78 is 6.09. The second-order valence-corrected chi connectivity index (χ2v) is 8.59. The summed E-state index contributed by atoms with van der Waals surface area (Å²) in [5, 5.41) is 3.22. The summed E-state index contributed by atoms with van der Waals surface area (Å²) in [6, 6.07) is 9.18. The maximum absolute atomic E-state index is 12.1. The summed E-state index contributed by atoms with van der Waals surface area (Å²) in [6.45, 7) is 1.94. The number of carbonyl (C=O) groups is 3. The molecule has 8 heteroatoms. The molecule has 0 spiro atoms. The van der Waals surface area contributed by atoms with Crippen LogP contribution in [-0.2, 0) is 9.59 Å². The summed E-state index contributed by atoms with van der Waals surface area (Å²) in [5.41, 5.74) is 0.777. The number of nitrogens with zero attached hydrogens (tertiary/aromatic N) is 1. The van der Waals surface area contributed by atoms with Crippen LogP contribution in [0, 0.1) is 6.92 Å². The predicted molar refractivity (Wildman–Crippen MR) is 112 cm³/mol. The number of Topliss-reactive ketones (excluding diaryl/α,β-unsaturated/α-hetero) is 2. The molecule has 1 N–H and O–H groups in total. The highest BCUT2D eigenvalue weighted by Crippen LogP contribution is 2.29. The van der Waals surface area contributed by atoms with Gasteiger partial charge in [-0.1, -0.05) is 11.3 Å². The van der Waals surface area contributed by atoms with Crippen LogP contribution in [0.1, 0.15) is 40.2 Å². The van der Waals surface area contributed by atoms with E-state index in [1.54, 1.807) is 13.2 Å². The van der Waals surface area contributed by atoms with Gasteiger partial charge in [-0.05, 0) is 37.3 Å². The molecule has 0 saturated carbocycles. The van der Waals surface area contributed by atoms with Crippen molar-refractivity contribution < 1.29 is 19.1 Å². The van der Waals surface area contributed by atoms with Crippen molar-refractivity contribution in [1.29, 1.82) is 0 Å². The first-order valence-electron chi connectivity index (χ1n) is 8.80. The van der Waals surface area contributed by atoms with Gasteiger partial charge in [-0.15, -0.1) is 11.3 Å². The minimum atomic E-state index is -0.264. The number of hydrogen-bond acceptors (Lipinski definition) is 7. The Balaban J connectivity index is 1.44. The van der Waals surface area contributed by atoms with Crippen LogP contribution in [-0.4, -0.2) is 29.6 Å². The van der Waals surface area contributed by atoms with Gasteiger partial charge >= 0.3 is 0 Å². The molecule has 2 heterocycles. The van der Waals surface area contributed by atoms with E-state index in [9.17, 15) is 14.4 Å². The quantitative estimate of drug-likeness (QED) is 0.514. The first-order chi connectivity index (χ1) is 13.4. The molecule has 0 aliphatic carbocycles. The number of aryl methyl sites for hydroxylation is 1. The zero-order valence-electron chi connectivity index (χ0n) is 15.6. The van der Waals surface area contributed by atoms with Gasteiger partial charge in [0.05, 0.1) is 22.2 Å². The van der Waals surface area contributed by atoms with Crippen molar-refractivity contribution in [2.24, 2.45) is 0 Å². The third-order valence-electron chi connectivity index (χ3n) is 4.12. The van der Waals surface area contributed by atoms with Gasteiger partial charge in [0.2, 0.25) is 5.91 Å². The maximum Gasteiger partial charge on any atom is 0.226 e. The largest absolute Gasteiger partial charge is 0.497 e. The number of amides is 1. The van der Waals surface area contributed by atoms with Gasteiger partial charge in [-0.25, -0.2) is 4.98 Å². The average Bonchev–Trinajstić information content (AvgIpc) is 3.29. The lowest BCUT2D eigenvalue weighted by Gasteiger charge is -2.01. The van der Waals surface area contributed by atoms with Crippen molar-refractivity contribution in [2.75, 3.05) is 12.4 Å². The van der Waals surface area contributed by atoms with E-state index in [4.69, 9.17) is 4.74 Å². The molecule has 0 radical (unpaired) electrons. The first-order valence-corrected chi connectivity index (χ1v) is 10.4. The van der Waals surface area contributed by atoms with Crippen molar-refractivity contribution in [3.8, 4) is 5.75 Å². The fourth-order valence-corrected chi connectivity index (χ4v) is 4.35. The Morgan fingerprint density at radius 3 is 2.54 bits per heavy atom. The molecule has 1 amide bonds. The molecule has 0 unspecified atom stereocenters. The van der Waals surface area contributed by atoms with Crippen molar-refractivity contribution in [2.45, 2.75) is 32.6 Å². The van der Waals surface area contributed by atoms with Gasteiger partial charge in [0, 0.05) is 30.6 Å². The monoisotopic (exact) mass is 416 g/mol. The van der Waals surface area contributed by atoms with Crippen LogP contribution in [0.5, 0.6) is 5.75 Å². The van der Waals surface area contributed by atoms with E-state index in [2.05, 4.69) is 10.3 Å². The molecule has 3 aromatic rings. The van der Waals surface area contributed by atoms with Crippen LogP contribution in [0.25, 0.3) is 10.2 Å². The lowest BCUT2D eigenvalue weighted by molar-refractivity contribution is -0.122. The minimum absolute atomic E-state index is 0.0270. The molecule has 6 nitrogen and oxygen atoms in total. The highest BCUT2D eigenvalue weighted by atomic mass is 32.1. The fraction of sp³-hybridized carbons (Fsp3) is 0.300. The number of thiazole rings is 1. The summed E-state index contributed by atoms with van der Waals surface area (Å²) in [5.74, 6) is 0.345. The molecule has 146 valence electrons. The topological polar surface area (TPSA) is 85.4 Å². The molecule has 0 bridgehead atoms. The third kappa shape index (κ3) is 5.24. The Morgan fingerprint density at radius 1 is 1.04 bits per heavy atom. The van der Waals surface area contributed by atoms with Gasteiger partial charge in [-0.2, -0.15) is 0 Å². The van der Waals surface area contributed by atoms with E-state index in [0.29, 0.717) is 10.0 Å². The molecule has 0 fully saturated rings. The predicted octanol–water partition coefficient (Wildman–Crippen LogP) is 4.63. The van der Waals surface area contributed by atoms with Gasteiger partial charge in [0.15, 0.2) is 10.9 Å². The number of thiophene rings is 1. The summed E-state index contributed by atoms with van der Waals surface area (Å²) in [7, 11) is 1.59. The Hall–Kier alpha value is -2.58. The number of methoxy groups -OCH3 is 1. The van der Waals surface area contributed by atoms with Gasteiger partial charge in [0.1, 0.15) is 11.5 Å². The van der Waals surface area contributed by atoms with E-state index >= 15 is 0 Å². The second kappa shape index (κ2) is 9.07. The number of benzene rings is 1. The number of anilines is 1. The minimum Gasteiger partial charge on any atom is -0.497 e. The zero-order chi connectivity index (χ0) is 20.1. The van der Waals surface area contributed by atoms with Gasteiger partial charge in [0.25, 0.3) is 0 Å². The number of aromatic nitrogens is 1. The van der Waals surface area contributed by atoms with E-state index in [-0.39, 0.29) is 43.2 Å². The molecule has 28 heavy (non-hydrogen) atoms. The van der Waals surface area contributed by atoms with Gasteiger partial charge < -0.3 is 10.1 Å². The summed E-state index contributed by atoms with van der Waals surface area (Å²) in [4.78, 5) is 42.2.